The molecule has 5 heteroatoms. The quantitative estimate of drug-likeness (QED) is 0.807. The van der Waals surface area contributed by atoms with Gasteiger partial charge in [-0.3, -0.25) is 0 Å². The van der Waals surface area contributed by atoms with Crippen LogP contribution < -0.4 is 10.1 Å². The lowest BCUT2D eigenvalue weighted by Gasteiger charge is -2.26. The van der Waals surface area contributed by atoms with Crippen molar-refractivity contribution in [3.8, 4) is 5.88 Å². The predicted molar refractivity (Wildman–Crippen MR) is 69.7 cm³/mol. The molecule has 18 heavy (non-hydrogen) atoms. The number of hydrogen-bond donors (Lipinski definition) is 2. The van der Waals surface area contributed by atoms with E-state index < -0.39 is 0 Å². The first-order valence-corrected chi connectivity index (χ1v) is 6.57. The normalized spacial score (nSPS) is 17.7. The second kappa shape index (κ2) is 6.00. The zero-order valence-corrected chi connectivity index (χ0v) is 10.9. The summed E-state index contributed by atoms with van der Waals surface area (Å²) in [5.74, 6) is 1.34. The highest BCUT2D eigenvalue weighted by Gasteiger charge is 2.32. The maximum atomic E-state index is 9.54. The monoisotopic (exact) mass is 251 g/mol. The Kier molecular flexibility index (Phi) is 4.36. The molecule has 0 saturated heterocycles. The van der Waals surface area contributed by atoms with Crippen LogP contribution >= 0.6 is 0 Å². The first-order valence-electron chi connectivity index (χ1n) is 6.57. The van der Waals surface area contributed by atoms with Gasteiger partial charge in [0.2, 0.25) is 5.88 Å². The molecule has 0 atom stereocenters. The molecule has 0 unspecified atom stereocenters. The summed E-state index contributed by atoms with van der Waals surface area (Å²) in [4.78, 5) is 8.19. The van der Waals surface area contributed by atoms with E-state index in [9.17, 15) is 5.11 Å². The molecule has 0 amide bonds. The van der Waals surface area contributed by atoms with Crippen molar-refractivity contribution in [1.82, 2.24) is 9.97 Å². The molecule has 100 valence electrons. The summed E-state index contributed by atoms with van der Waals surface area (Å²) >= 11 is 0. The summed E-state index contributed by atoms with van der Waals surface area (Å²) in [5, 5.41) is 12.8. The molecule has 1 heterocycles. The molecule has 0 radical (unpaired) electrons. The number of rotatable bonds is 6. The zero-order chi connectivity index (χ0) is 12.8. The minimum absolute atomic E-state index is 0.0245. The van der Waals surface area contributed by atoms with Gasteiger partial charge in [0.15, 0.2) is 0 Å². The van der Waals surface area contributed by atoms with Crippen LogP contribution in [-0.2, 0) is 0 Å². The van der Waals surface area contributed by atoms with Gasteiger partial charge in [-0.25, -0.2) is 9.97 Å². The lowest BCUT2D eigenvalue weighted by atomic mass is 9.87. The summed E-state index contributed by atoms with van der Waals surface area (Å²) in [6.07, 6.45) is 6.07. The van der Waals surface area contributed by atoms with Gasteiger partial charge in [0, 0.05) is 18.0 Å². The van der Waals surface area contributed by atoms with Crippen LogP contribution in [0.5, 0.6) is 5.88 Å². The summed E-state index contributed by atoms with van der Waals surface area (Å²) in [7, 11) is 0. The van der Waals surface area contributed by atoms with Crippen LogP contribution in [0.25, 0.3) is 0 Å². The number of ether oxygens (including phenoxy) is 1. The average molecular weight is 251 g/mol. The van der Waals surface area contributed by atoms with Crippen molar-refractivity contribution >= 4 is 5.82 Å². The van der Waals surface area contributed by atoms with Crippen molar-refractivity contribution in [2.45, 2.75) is 32.6 Å². The molecular weight excluding hydrogens is 230 g/mol. The van der Waals surface area contributed by atoms with Gasteiger partial charge < -0.3 is 15.2 Å². The number of aliphatic hydroxyl groups is 1. The second-order valence-corrected chi connectivity index (χ2v) is 4.89. The number of aliphatic hydroxyl groups excluding tert-OH is 1. The van der Waals surface area contributed by atoms with Crippen molar-refractivity contribution < 1.29 is 9.84 Å². The topological polar surface area (TPSA) is 67.3 Å². The smallest absolute Gasteiger partial charge is 0.218 e. The van der Waals surface area contributed by atoms with Crippen LogP contribution in [0.4, 0.5) is 5.82 Å². The molecule has 0 spiro atoms. The maximum Gasteiger partial charge on any atom is 0.218 e. The molecule has 2 rings (SSSR count). The van der Waals surface area contributed by atoms with Gasteiger partial charge in [-0.05, 0) is 19.8 Å². The van der Waals surface area contributed by atoms with Gasteiger partial charge in [0.1, 0.15) is 12.1 Å². The molecule has 1 aliphatic carbocycles. The average Bonchev–Trinajstić information content (AvgIpc) is 2.87. The van der Waals surface area contributed by atoms with Crippen molar-refractivity contribution in [2.75, 3.05) is 25.1 Å². The molecular formula is C13H21N3O2. The van der Waals surface area contributed by atoms with Gasteiger partial charge in [-0.1, -0.05) is 12.8 Å². The van der Waals surface area contributed by atoms with Gasteiger partial charge in [0.05, 0.1) is 13.2 Å². The van der Waals surface area contributed by atoms with Crippen LogP contribution in [0.15, 0.2) is 12.4 Å². The fourth-order valence-electron chi connectivity index (χ4n) is 2.46. The van der Waals surface area contributed by atoms with Crippen LogP contribution in [0, 0.1) is 5.41 Å². The lowest BCUT2D eigenvalue weighted by molar-refractivity contribution is 0.142. The molecule has 1 fully saturated rings. The molecule has 1 aromatic heterocycles. The first-order chi connectivity index (χ1) is 8.78. The van der Waals surface area contributed by atoms with E-state index in [1.807, 2.05) is 6.92 Å². The molecule has 2 N–H and O–H groups in total. The SMILES string of the molecule is CCOc1cc(NCC2(CO)CCCC2)ncn1. The molecule has 1 aromatic rings. The summed E-state index contributed by atoms with van der Waals surface area (Å²) in [5.41, 5.74) is 0.0245. The number of nitrogens with one attached hydrogen (secondary N) is 1. The molecule has 1 aliphatic rings. The Bertz CT molecular complexity index is 378. The molecule has 0 aromatic carbocycles. The predicted octanol–water partition coefficient (Wildman–Crippen LogP) is 1.84. The zero-order valence-electron chi connectivity index (χ0n) is 10.9. The second-order valence-electron chi connectivity index (χ2n) is 4.89. The first kappa shape index (κ1) is 13.1. The van der Waals surface area contributed by atoms with Crippen LogP contribution in [0.2, 0.25) is 0 Å². The van der Waals surface area contributed by atoms with E-state index in [1.165, 1.54) is 19.2 Å². The fourth-order valence-corrected chi connectivity index (χ4v) is 2.46. The van der Waals surface area contributed by atoms with E-state index >= 15 is 0 Å². The van der Waals surface area contributed by atoms with Gasteiger partial charge in [-0.2, -0.15) is 0 Å². The van der Waals surface area contributed by atoms with Crippen LogP contribution in [0.3, 0.4) is 0 Å². The van der Waals surface area contributed by atoms with Crippen molar-refractivity contribution in [3.05, 3.63) is 12.4 Å². The van der Waals surface area contributed by atoms with Gasteiger partial charge in [0.25, 0.3) is 0 Å². The van der Waals surface area contributed by atoms with E-state index in [0.717, 1.165) is 25.2 Å². The minimum atomic E-state index is 0.0245. The Morgan fingerprint density at radius 2 is 2.17 bits per heavy atom. The van der Waals surface area contributed by atoms with Gasteiger partial charge in [-0.15, -0.1) is 0 Å². The summed E-state index contributed by atoms with van der Waals surface area (Å²) in [6.45, 7) is 3.51. The van der Waals surface area contributed by atoms with Crippen LogP contribution in [-0.4, -0.2) is 34.8 Å². The highest BCUT2D eigenvalue weighted by atomic mass is 16.5. The van der Waals surface area contributed by atoms with E-state index in [1.54, 1.807) is 6.07 Å². The largest absolute Gasteiger partial charge is 0.478 e. The molecule has 1 saturated carbocycles. The van der Waals surface area contributed by atoms with Crippen molar-refractivity contribution in [3.63, 3.8) is 0 Å². The van der Waals surface area contributed by atoms with E-state index in [2.05, 4.69) is 15.3 Å². The summed E-state index contributed by atoms with van der Waals surface area (Å²) < 4.78 is 5.33. The third-order valence-corrected chi connectivity index (χ3v) is 3.58. The van der Waals surface area contributed by atoms with Crippen molar-refractivity contribution in [1.29, 1.82) is 0 Å². The molecule has 5 nitrogen and oxygen atoms in total. The number of hydrogen-bond acceptors (Lipinski definition) is 5. The number of anilines is 1. The van der Waals surface area contributed by atoms with Gasteiger partial charge >= 0.3 is 0 Å². The highest BCUT2D eigenvalue weighted by Crippen LogP contribution is 2.37. The third kappa shape index (κ3) is 3.10. The maximum absolute atomic E-state index is 9.54. The summed E-state index contributed by atoms with van der Waals surface area (Å²) in [6, 6.07) is 1.80. The lowest BCUT2D eigenvalue weighted by Crippen LogP contribution is -2.30. The van der Waals surface area contributed by atoms with Crippen molar-refractivity contribution in [2.24, 2.45) is 5.41 Å². The Morgan fingerprint density at radius 1 is 1.39 bits per heavy atom. The van der Waals surface area contributed by atoms with E-state index in [0.29, 0.717) is 12.5 Å². The van der Waals surface area contributed by atoms with E-state index in [4.69, 9.17) is 4.74 Å². The van der Waals surface area contributed by atoms with Crippen LogP contribution in [0.1, 0.15) is 32.6 Å². The molecule has 0 aliphatic heterocycles. The Morgan fingerprint density at radius 3 is 2.83 bits per heavy atom. The number of nitrogens with zero attached hydrogens (tertiary/aromatic N) is 2. The fraction of sp³-hybridized carbons (Fsp3) is 0.692. The molecule has 0 bridgehead atoms. The Balaban J connectivity index is 1.94. The third-order valence-electron chi connectivity index (χ3n) is 3.58. The Hall–Kier alpha value is -1.36. The standard InChI is InChI=1S/C13H21N3O2/c1-2-18-12-7-11(15-10-16-12)14-8-13(9-17)5-3-4-6-13/h7,10,17H,2-6,8-9H2,1H3,(H,14,15,16). The van der Waals surface area contributed by atoms with E-state index in [-0.39, 0.29) is 12.0 Å². The Labute approximate surface area is 108 Å². The highest BCUT2D eigenvalue weighted by molar-refractivity contribution is 5.37. The number of aromatic nitrogens is 2. The minimum Gasteiger partial charge on any atom is -0.478 e.